The van der Waals surface area contributed by atoms with E-state index in [9.17, 15) is 4.79 Å². The number of hydrogen-bond acceptors (Lipinski definition) is 2. The Morgan fingerprint density at radius 2 is 1.95 bits per heavy atom. The summed E-state index contributed by atoms with van der Waals surface area (Å²) in [5.41, 5.74) is 1.57. The van der Waals surface area contributed by atoms with Gasteiger partial charge >= 0.3 is 5.97 Å². The maximum Gasteiger partial charge on any atom is 0.337 e. The summed E-state index contributed by atoms with van der Waals surface area (Å²) in [6.45, 7) is 0. The minimum atomic E-state index is -0.999. The average molecular weight is 294 g/mol. The Kier molecular flexibility index (Phi) is 4.20. The van der Waals surface area contributed by atoms with Crippen molar-refractivity contribution in [1.29, 1.82) is 0 Å². The molecule has 1 aromatic carbocycles. The molecule has 3 nitrogen and oxygen atoms in total. The molecule has 0 aliphatic rings. The molecule has 0 saturated carbocycles. The maximum absolute atomic E-state index is 10.7. The van der Waals surface area contributed by atoms with Crippen molar-refractivity contribution in [2.45, 2.75) is 0 Å². The summed E-state index contributed by atoms with van der Waals surface area (Å²) < 4.78 is 0. The zero-order valence-electron chi connectivity index (χ0n) is 9.68. The Morgan fingerprint density at radius 3 is 2.58 bits per heavy atom. The number of carboxylic acid groups (broad SMARTS) is 1. The average Bonchev–Trinajstić information content (AvgIpc) is 2.40. The molecule has 0 fully saturated rings. The molecule has 2 rings (SSSR count). The predicted octanol–water partition coefficient (Wildman–Crippen LogP) is 4.26. The molecular weight excluding hydrogens is 285 g/mol. The van der Waals surface area contributed by atoms with Crippen molar-refractivity contribution in [3.05, 3.63) is 63.4 Å². The van der Waals surface area contributed by atoms with E-state index in [2.05, 4.69) is 4.98 Å². The van der Waals surface area contributed by atoms with Gasteiger partial charge in [0, 0.05) is 16.2 Å². The summed E-state index contributed by atoms with van der Waals surface area (Å²) in [6, 6.07) is 8.28. The fraction of sp³-hybridized carbons (Fsp3) is 0. The molecule has 0 atom stereocenters. The Balaban J connectivity index is 2.22. The van der Waals surface area contributed by atoms with Crippen LogP contribution in [0.5, 0.6) is 0 Å². The lowest BCUT2D eigenvalue weighted by atomic mass is 10.2. The Bertz CT molecular complexity index is 636. The van der Waals surface area contributed by atoms with Crippen LogP contribution in [0.3, 0.4) is 0 Å². The summed E-state index contributed by atoms with van der Waals surface area (Å²) >= 11 is 11.9. The van der Waals surface area contributed by atoms with Crippen LogP contribution in [0.25, 0.3) is 12.2 Å². The standard InChI is InChI=1S/C14H9Cl2NO2/c15-11-3-6-13(16)9(7-11)1-4-12-5-2-10(8-17-12)14(18)19/h1-8H,(H,18,19)/b4-1+. The van der Waals surface area contributed by atoms with Gasteiger partial charge in [-0.3, -0.25) is 4.98 Å². The second-order valence-electron chi connectivity index (χ2n) is 3.78. The third-order valence-electron chi connectivity index (χ3n) is 2.43. The molecule has 19 heavy (non-hydrogen) atoms. The monoisotopic (exact) mass is 293 g/mol. The third kappa shape index (κ3) is 3.56. The van der Waals surface area contributed by atoms with E-state index in [1.807, 2.05) is 0 Å². The van der Waals surface area contributed by atoms with Crippen LogP contribution in [0.2, 0.25) is 10.0 Å². The molecule has 0 radical (unpaired) electrons. The molecule has 0 unspecified atom stereocenters. The highest BCUT2D eigenvalue weighted by atomic mass is 35.5. The number of benzene rings is 1. The van der Waals surface area contributed by atoms with E-state index in [1.165, 1.54) is 12.3 Å². The van der Waals surface area contributed by atoms with E-state index < -0.39 is 5.97 Å². The van der Waals surface area contributed by atoms with Crippen LogP contribution in [0.4, 0.5) is 0 Å². The molecule has 1 aromatic heterocycles. The van der Waals surface area contributed by atoms with Crippen molar-refractivity contribution in [2.24, 2.45) is 0 Å². The molecule has 0 aliphatic carbocycles. The van der Waals surface area contributed by atoms with Crippen LogP contribution in [0, 0.1) is 0 Å². The molecule has 0 aliphatic heterocycles. The van der Waals surface area contributed by atoms with Gasteiger partial charge in [0.25, 0.3) is 0 Å². The van der Waals surface area contributed by atoms with Crippen molar-refractivity contribution in [2.75, 3.05) is 0 Å². The van der Waals surface area contributed by atoms with Gasteiger partial charge in [-0.25, -0.2) is 4.79 Å². The molecule has 0 bridgehead atoms. The summed E-state index contributed by atoms with van der Waals surface area (Å²) in [7, 11) is 0. The molecule has 96 valence electrons. The highest BCUT2D eigenvalue weighted by Gasteiger charge is 2.02. The fourth-order valence-electron chi connectivity index (χ4n) is 1.45. The van der Waals surface area contributed by atoms with Crippen LogP contribution < -0.4 is 0 Å². The number of hydrogen-bond donors (Lipinski definition) is 1. The summed E-state index contributed by atoms with van der Waals surface area (Å²) in [6.07, 6.45) is 4.82. The molecule has 1 N–H and O–H groups in total. The number of carboxylic acids is 1. The molecule has 0 spiro atoms. The van der Waals surface area contributed by atoms with Crippen molar-refractivity contribution in [1.82, 2.24) is 4.98 Å². The van der Waals surface area contributed by atoms with Gasteiger partial charge in [-0.05, 0) is 42.0 Å². The van der Waals surface area contributed by atoms with E-state index in [0.717, 1.165) is 5.56 Å². The molecular formula is C14H9Cl2NO2. The number of carbonyl (C=O) groups is 1. The number of aromatic carboxylic acids is 1. The van der Waals surface area contributed by atoms with Gasteiger partial charge in [0.2, 0.25) is 0 Å². The van der Waals surface area contributed by atoms with Gasteiger partial charge < -0.3 is 5.11 Å². The number of pyridine rings is 1. The van der Waals surface area contributed by atoms with Gasteiger partial charge in [-0.1, -0.05) is 29.3 Å². The van der Waals surface area contributed by atoms with Gasteiger partial charge in [0.15, 0.2) is 0 Å². The quantitative estimate of drug-likeness (QED) is 0.920. The van der Waals surface area contributed by atoms with Crippen molar-refractivity contribution >= 4 is 41.3 Å². The first-order valence-electron chi connectivity index (χ1n) is 5.39. The van der Waals surface area contributed by atoms with Gasteiger partial charge in [-0.2, -0.15) is 0 Å². The van der Waals surface area contributed by atoms with Gasteiger partial charge in [-0.15, -0.1) is 0 Å². The zero-order chi connectivity index (χ0) is 13.8. The summed E-state index contributed by atoms with van der Waals surface area (Å²) in [5.74, 6) is -0.999. The Morgan fingerprint density at radius 1 is 1.16 bits per heavy atom. The number of aromatic nitrogens is 1. The van der Waals surface area contributed by atoms with Crippen molar-refractivity contribution in [3.63, 3.8) is 0 Å². The largest absolute Gasteiger partial charge is 0.478 e. The fourth-order valence-corrected chi connectivity index (χ4v) is 1.81. The minimum absolute atomic E-state index is 0.151. The van der Waals surface area contributed by atoms with Crippen LogP contribution in [0.1, 0.15) is 21.6 Å². The van der Waals surface area contributed by atoms with E-state index in [1.54, 1.807) is 36.4 Å². The number of nitrogens with zero attached hydrogens (tertiary/aromatic N) is 1. The van der Waals surface area contributed by atoms with Crippen LogP contribution in [0.15, 0.2) is 36.5 Å². The smallest absolute Gasteiger partial charge is 0.337 e. The highest BCUT2D eigenvalue weighted by Crippen LogP contribution is 2.22. The van der Waals surface area contributed by atoms with Gasteiger partial charge in [0.1, 0.15) is 0 Å². The topological polar surface area (TPSA) is 50.2 Å². The van der Waals surface area contributed by atoms with Gasteiger partial charge in [0.05, 0.1) is 11.3 Å². The molecule has 0 amide bonds. The zero-order valence-corrected chi connectivity index (χ0v) is 11.2. The summed E-state index contributed by atoms with van der Waals surface area (Å²) in [4.78, 5) is 14.7. The highest BCUT2D eigenvalue weighted by molar-refractivity contribution is 6.34. The van der Waals surface area contributed by atoms with Crippen molar-refractivity contribution in [3.8, 4) is 0 Å². The number of rotatable bonds is 3. The van der Waals surface area contributed by atoms with Crippen LogP contribution in [-0.4, -0.2) is 16.1 Å². The van der Waals surface area contributed by atoms with Crippen LogP contribution >= 0.6 is 23.2 Å². The molecule has 1 heterocycles. The Hall–Kier alpha value is -1.84. The minimum Gasteiger partial charge on any atom is -0.478 e. The van der Waals surface area contributed by atoms with E-state index in [0.29, 0.717) is 15.7 Å². The predicted molar refractivity (Wildman–Crippen MR) is 76.6 cm³/mol. The van der Waals surface area contributed by atoms with Crippen molar-refractivity contribution < 1.29 is 9.90 Å². The summed E-state index contributed by atoms with van der Waals surface area (Å²) in [5, 5.41) is 9.94. The lowest BCUT2D eigenvalue weighted by Gasteiger charge is -1.99. The molecule has 5 heteroatoms. The third-order valence-corrected chi connectivity index (χ3v) is 3.00. The van der Waals surface area contributed by atoms with Crippen LogP contribution in [-0.2, 0) is 0 Å². The van der Waals surface area contributed by atoms with E-state index in [-0.39, 0.29) is 5.56 Å². The second-order valence-corrected chi connectivity index (χ2v) is 4.62. The molecule has 2 aromatic rings. The SMILES string of the molecule is O=C(O)c1ccc(/C=C/c2cc(Cl)ccc2Cl)nc1. The lowest BCUT2D eigenvalue weighted by Crippen LogP contribution is -1.96. The van der Waals surface area contributed by atoms with E-state index >= 15 is 0 Å². The Labute approximate surface area is 120 Å². The molecule has 0 saturated heterocycles. The first-order valence-corrected chi connectivity index (χ1v) is 6.14. The number of halogens is 2. The first-order chi connectivity index (χ1) is 9.06. The first kappa shape index (κ1) is 13.6. The normalized spacial score (nSPS) is 10.8. The lowest BCUT2D eigenvalue weighted by molar-refractivity contribution is 0.0696. The van der Waals surface area contributed by atoms with E-state index in [4.69, 9.17) is 28.3 Å². The maximum atomic E-state index is 10.7. The second kappa shape index (κ2) is 5.87.